The normalized spacial score (nSPS) is 33.0. The van der Waals surface area contributed by atoms with E-state index in [4.69, 9.17) is 9.47 Å². The smallest absolute Gasteiger partial charge is 0.328 e. The van der Waals surface area contributed by atoms with E-state index in [9.17, 15) is 14.4 Å². The summed E-state index contributed by atoms with van der Waals surface area (Å²) in [5.74, 6) is 1.26. The number of carbonyl (C=O) groups is 3. The largest absolute Gasteiger partial charge is 0.467 e. The van der Waals surface area contributed by atoms with Gasteiger partial charge >= 0.3 is 11.9 Å². The number of esters is 2. The van der Waals surface area contributed by atoms with Gasteiger partial charge in [0.2, 0.25) is 0 Å². The summed E-state index contributed by atoms with van der Waals surface area (Å²) in [6.07, 6.45) is 8.23. The van der Waals surface area contributed by atoms with Gasteiger partial charge in [-0.1, -0.05) is 24.3 Å². The van der Waals surface area contributed by atoms with E-state index in [0.717, 1.165) is 48.1 Å². The predicted molar refractivity (Wildman–Crippen MR) is 113 cm³/mol. The van der Waals surface area contributed by atoms with Crippen LogP contribution >= 0.6 is 0 Å². The van der Waals surface area contributed by atoms with Crippen LogP contribution in [0.5, 0.6) is 0 Å². The first-order valence-electron chi connectivity index (χ1n) is 11.5. The Morgan fingerprint density at radius 3 is 2.23 bits per heavy atom. The third kappa shape index (κ3) is 3.97. The molecular weight excluding hydrogens is 394 g/mol. The van der Waals surface area contributed by atoms with E-state index in [1.807, 2.05) is 24.3 Å². The lowest BCUT2D eigenvalue weighted by molar-refractivity contribution is -0.162. The maximum atomic E-state index is 12.9. The Morgan fingerprint density at radius 2 is 1.61 bits per heavy atom. The second kappa shape index (κ2) is 7.95. The average molecular weight is 426 g/mol. The average Bonchev–Trinajstić information content (AvgIpc) is 2.74. The van der Waals surface area contributed by atoms with Gasteiger partial charge in [-0.25, -0.2) is 4.79 Å². The van der Waals surface area contributed by atoms with E-state index in [2.05, 4.69) is 0 Å². The van der Waals surface area contributed by atoms with Crippen molar-refractivity contribution in [3.8, 4) is 0 Å². The molecule has 4 fully saturated rings. The van der Waals surface area contributed by atoms with E-state index in [1.165, 1.54) is 31.3 Å². The molecule has 166 valence electrons. The monoisotopic (exact) mass is 425 g/mol. The standard InChI is InChI=1S/C25H31NO5/c1-30-24(29)21-9-19-4-2-3-5-20(19)14-26(21)22(27)15-31-23(28)13-25-10-16-6-17(11-25)8-18(7-16)12-25/h2-5,16-18,21H,6-15H2,1H3/t16?,17?,18?,21-,25?/m1/s1. The molecule has 4 bridgehead atoms. The maximum Gasteiger partial charge on any atom is 0.328 e. The van der Waals surface area contributed by atoms with Crippen LogP contribution in [0.1, 0.15) is 56.1 Å². The van der Waals surface area contributed by atoms with Crippen LogP contribution in [0, 0.1) is 23.2 Å². The van der Waals surface area contributed by atoms with Crippen molar-refractivity contribution in [3.05, 3.63) is 35.4 Å². The number of benzene rings is 1. The quantitative estimate of drug-likeness (QED) is 0.677. The topological polar surface area (TPSA) is 72.9 Å². The lowest BCUT2D eigenvalue weighted by Crippen LogP contribution is -2.50. The molecule has 1 heterocycles. The molecule has 1 atom stereocenters. The molecule has 4 saturated carbocycles. The minimum Gasteiger partial charge on any atom is -0.467 e. The first-order chi connectivity index (χ1) is 14.9. The minimum atomic E-state index is -0.686. The van der Waals surface area contributed by atoms with Gasteiger partial charge in [0.15, 0.2) is 6.61 Å². The number of nitrogens with zero attached hydrogens (tertiary/aromatic N) is 1. The number of ether oxygens (including phenoxy) is 2. The fourth-order valence-corrected chi connectivity index (χ4v) is 7.22. The molecule has 1 aromatic rings. The molecule has 1 aliphatic heterocycles. The van der Waals surface area contributed by atoms with Gasteiger partial charge in [-0.2, -0.15) is 0 Å². The predicted octanol–water partition coefficient (Wildman–Crippen LogP) is 3.26. The van der Waals surface area contributed by atoms with Crippen molar-refractivity contribution in [2.24, 2.45) is 23.2 Å². The number of rotatable bonds is 5. The van der Waals surface area contributed by atoms with Gasteiger partial charge in [0.1, 0.15) is 6.04 Å². The van der Waals surface area contributed by atoms with Gasteiger partial charge in [-0.05, 0) is 72.8 Å². The van der Waals surface area contributed by atoms with Crippen LogP contribution in [0.25, 0.3) is 0 Å². The van der Waals surface area contributed by atoms with E-state index in [-0.39, 0.29) is 23.9 Å². The summed E-state index contributed by atoms with van der Waals surface area (Å²) in [4.78, 5) is 39.5. The van der Waals surface area contributed by atoms with Crippen molar-refractivity contribution >= 4 is 17.8 Å². The summed E-state index contributed by atoms with van der Waals surface area (Å²) >= 11 is 0. The van der Waals surface area contributed by atoms with Gasteiger partial charge in [0.05, 0.1) is 13.5 Å². The molecule has 6 nitrogen and oxygen atoms in total. The molecule has 6 rings (SSSR count). The second-order valence-corrected chi connectivity index (χ2v) is 10.3. The van der Waals surface area contributed by atoms with E-state index in [0.29, 0.717) is 19.4 Å². The molecule has 5 aliphatic rings. The fraction of sp³-hybridized carbons (Fsp3) is 0.640. The molecule has 0 aromatic heterocycles. The Labute approximate surface area is 183 Å². The number of methoxy groups -OCH3 is 1. The summed E-state index contributed by atoms with van der Waals surface area (Å²) < 4.78 is 10.4. The van der Waals surface area contributed by atoms with Gasteiger partial charge in [-0.3, -0.25) is 9.59 Å². The van der Waals surface area contributed by atoms with Crippen molar-refractivity contribution in [1.82, 2.24) is 4.90 Å². The molecule has 31 heavy (non-hydrogen) atoms. The Hall–Kier alpha value is -2.37. The molecule has 0 radical (unpaired) electrons. The highest BCUT2D eigenvalue weighted by Crippen LogP contribution is 2.61. The SMILES string of the molecule is COC(=O)[C@H]1Cc2ccccc2CN1C(=O)COC(=O)CC12CC3CC(CC(C3)C1)C2. The third-order valence-corrected chi connectivity index (χ3v) is 8.08. The summed E-state index contributed by atoms with van der Waals surface area (Å²) in [6, 6.07) is 7.09. The van der Waals surface area contributed by atoms with Gasteiger partial charge < -0.3 is 14.4 Å². The lowest BCUT2D eigenvalue weighted by atomic mass is 9.49. The van der Waals surface area contributed by atoms with Crippen LogP contribution < -0.4 is 0 Å². The van der Waals surface area contributed by atoms with Crippen molar-refractivity contribution in [2.75, 3.05) is 13.7 Å². The molecular formula is C25H31NO5. The zero-order chi connectivity index (χ0) is 21.6. The van der Waals surface area contributed by atoms with Gasteiger partial charge in [-0.15, -0.1) is 0 Å². The van der Waals surface area contributed by atoms with E-state index < -0.39 is 12.0 Å². The number of hydrogen-bond donors (Lipinski definition) is 0. The number of amides is 1. The summed E-state index contributed by atoms with van der Waals surface area (Å²) in [7, 11) is 1.33. The molecule has 0 spiro atoms. The second-order valence-electron chi connectivity index (χ2n) is 10.3. The van der Waals surface area contributed by atoms with Crippen LogP contribution in [0.15, 0.2) is 24.3 Å². The molecule has 0 unspecified atom stereocenters. The van der Waals surface area contributed by atoms with Crippen LogP contribution in [-0.2, 0) is 36.8 Å². The first-order valence-corrected chi connectivity index (χ1v) is 11.5. The van der Waals surface area contributed by atoms with E-state index in [1.54, 1.807) is 0 Å². The van der Waals surface area contributed by atoms with Crippen molar-refractivity contribution < 1.29 is 23.9 Å². The van der Waals surface area contributed by atoms with Crippen molar-refractivity contribution in [3.63, 3.8) is 0 Å². The van der Waals surface area contributed by atoms with E-state index >= 15 is 0 Å². The molecule has 0 saturated heterocycles. The number of hydrogen-bond acceptors (Lipinski definition) is 5. The Kier molecular flexibility index (Phi) is 5.27. The summed E-state index contributed by atoms with van der Waals surface area (Å²) in [5.41, 5.74) is 2.14. The molecule has 1 amide bonds. The van der Waals surface area contributed by atoms with Crippen molar-refractivity contribution in [2.45, 2.75) is 64.0 Å². The number of carbonyl (C=O) groups excluding carboxylic acids is 3. The van der Waals surface area contributed by atoms with Crippen molar-refractivity contribution in [1.29, 1.82) is 0 Å². The van der Waals surface area contributed by atoms with Crippen LogP contribution in [-0.4, -0.2) is 42.5 Å². The highest BCUT2D eigenvalue weighted by molar-refractivity contribution is 5.87. The Balaban J connectivity index is 1.21. The molecule has 6 heteroatoms. The molecule has 0 N–H and O–H groups in total. The summed E-state index contributed by atoms with van der Waals surface area (Å²) in [5, 5.41) is 0. The zero-order valence-corrected chi connectivity index (χ0v) is 18.2. The highest BCUT2D eigenvalue weighted by Gasteiger charge is 2.51. The fourth-order valence-electron chi connectivity index (χ4n) is 7.22. The van der Waals surface area contributed by atoms with Crippen LogP contribution in [0.4, 0.5) is 0 Å². The Morgan fingerprint density at radius 1 is 1.00 bits per heavy atom. The van der Waals surface area contributed by atoms with Gasteiger partial charge in [0, 0.05) is 13.0 Å². The Bertz CT molecular complexity index is 858. The third-order valence-electron chi connectivity index (χ3n) is 8.08. The number of fused-ring (bicyclic) bond motifs is 1. The maximum absolute atomic E-state index is 12.9. The molecule has 1 aromatic carbocycles. The molecule has 4 aliphatic carbocycles. The van der Waals surface area contributed by atoms with Crippen LogP contribution in [0.2, 0.25) is 0 Å². The summed E-state index contributed by atoms with van der Waals surface area (Å²) in [6.45, 7) is 0.00214. The lowest BCUT2D eigenvalue weighted by Gasteiger charge is -2.56. The first kappa shape index (κ1) is 20.5. The minimum absolute atomic E-state index is 0.0908. The van der Waals surface area contributed by atoms with Gasteiger partial charge in [0.25, 0.3) is 5.91 Å². The highest BCUT2D eigenvalue weighted by atomic mass is 16.5. The van der Waals surface area contributed by atoms with Crippen LogP contribution in [0.3, 0.4) is 0 Å². The zero-order valence-electron chi connectivity index (χ0n) is 18.2.